The van der Waals surface area contributed by atoms with Gasteiger partial charge in [0.2, 0.25) is 28.8 Å². The van der Waals surface area contributed by atoms with E-state index in [2.05, 4.69) is 15.5 Å². The molecule has 1 aliphatic heterocycles. The molecule has 1 amide bonds. The van der Waals surface area contributed by atoms with Crippen molar-refractivity contribution in [3.8, 4) is 17.3 Å². The number of nitrogens with one attached hydrogen (secondary N) is 1. The zero-order chi connectivity index (χ0) is 21.1. The topological polar surface area (TPSA) is 132 Å². The average Bonchev–Trinajstić information content (AvgIpc) is 3.41. The predicted molar refractivity (Wildman–Crippen MR) is 108 cm³/mol. The van der Waals surface area contributed by atoms with Gasteiger partial charge in [-0.15, -0.1) is 0 Å². The smallest absolute Gasteiger partial charge is 0.246 e. The van der Waals surface area contributed by atoms with Crippen LogP contribution in [0.3, 0.4) is 0 Å². The summed E-state index contributed by atoms with van der Waals surface area (Å²) in [6.45, 7) is 1.71. The predicted octanol–water partition coefficient (Wildman–Crippen LogP) is 2.77. The van der Waals surface area contributed by atoms with Crippen LogP contribution in [0.1, 0.15) is 36.7 Å². The van der Waals surface area contributed by atoms with Gasteiger partial charge in [0.1, 0.15) is 5.76 Å². The number of amides is 1. The first kappa shape index (κ1) is 20.3. The second kappa shape index (κ2) is 8.39. The third kappa shape index (κ3) is 4.13. The summed E-state index contributed by atoms with van der Waals surface area (Å²) in [5.41, 5.74) is -1.23. The van der Waals surface area contributed by atoms with Crippen LogP contribution >= 0.6 is 11.8 Å². The Balaban J connectivity index is 1.49. The Morgan fingerprint density at radius 2 is 2.17 bits per heavy atom. The van der Waals surface area contributed by atoms with Crippen molar-refractivity contribution in [3.63, 3.8) is 0 Å². The Morgan fingerprint density at radius 1 is 1.37 bits per heavy atom. The Bertz CT molecular complexity index is 1080. The number of aromatic nitrogens is 2. The lowest BCUT2D eigenvalue weighted by molar-refractivity contribution is -0.123. The van der Waals surface area contributed by atoms with Gasteiger partial charge in [-0.1, -0.05) is 5.16 Å². The first-order valence-corrected chi connectivity index (χ1v) is 10.7. The maximum absolute atomic E-state index is 12.8. The van der Waals surface area contributed by atoms with Gasteiger partial charge in [-0.05, 0) is 43.4 Å². The van der Waals surface area contributed by atoms with E-state index in [1.54, 1.807) is 30.8 Å². The summed E-state index contributed by atoms with van der Waals surface area (Å²) in [5, 5.41) is 17.0. The second-order valence-electron chi connectivity index (χ2n) is 7.23. The van der Waals surface area contributed by atoms with Gasteiger partial charge in [0.15, 0.2) is 11.5 Å². The Kier molecular flexibility index (Phi) is 5.67. The van der Waals surface area contributed by atoms with Crippen LogP contribution in [0.15, 0.2) is 42.6 Å². The van der Waals surface area contributed by atoms with Crippen LogP contribution in [0.4, 0.5) is 0 Å². The van der Waals surface area contributed by atoms with Crippen molar-refractivity contribution in [2.75, 3.05) is 11.5 Å². The van der Waals surface area contributed by atoms with Crippen molar-refractivity contribution < 1.29 is 23.3 Å². The molecule has 0 unspecified atom stereocenters. The highest BCUT2D eigenvalue weighted by Gasteiger charge is 2.41. The SMILES string of the molecule is Cc1cc(=O)c(O)c(C2(CC(=O)NCc3nc(-c4ccco4)no3)CCSCC2)o1. The molecule has 0 aromatic carbocycles. The largest absolute Gasteiger partial charge is 0.502 e. The molecule has 9 nitrogen and oxygen atoms in total. The number of aromatic hydroxyl groups is 1. The van der Waals surface area contributed by atoms with Crippen molar-refractivity contribution in [3.05, 3.63) is 52.1 Å². The lowest BCUT2D eigenvalue weighted by atomic mass is 9.75. The lowest BCUT2D eigenvalue weighted by Crippen LogP contribution is -2.38. The molecular formula is C20H21N3O6S. The molecule has 158 valence electrons. The molecule has 0 spiro atoms. The maximum Gasteiger partial charge on any atom is 0.246 e. The van der Waals surface area contributed by atoms with Crippen molar-refractivity contribution >= 4 is 17.7 Å². The molecule has 1 aliphatic rings. The number of carbonyl (C=O) groups is 1. The van der Waals surface area contributed by atoms with Gasteiger partial charge in [-0.3, -0.25) is 9.59 Å². The molecule has 3 aromatic rings. The van der Waals surface area contributed by atoms with Crippen LogP contribution in [-0.4, -0.2) is 32.7 Å². The molecule has 2 N–H and O–H groups in total. The molecule has 0 radical (unpaired) electrons. The Hall–Kier alpha value is -3.01. The third-order valence-electron chi connectivity index (χ3n) is 5.12. The first-order valence-electron chi connectivity index (χ1n) is 9.52. The molecule has 1 saturated heterocycles. The van der Waals surface area contributed by atoms with Crippen molar-refractivity contribution in [1.29, 1.82) is 0 Å². The van der Waals surface area contributed by atoms with Crippen LogP contribution in [0.2, 0.25) is 0 Å². The van der Waals surface area contributed by atoms with E-state index >= 15 is 0 Å². The average molecular weight is 431 g/mol. The molecule has 1 fully saturated rings. The van der Waals surface area contributed by atoms with Crippen molar-refractivity contribution in [2.45, 2.75) is 38.1 Å². The number of hydrogen-bond donors (Lipinski definition) is 2. The molecule has 0 bridgehead atoms. The number of furan rings is 1. The summed E-state index contributed by atoms with van der Waals surface area (Å²) in [4.78, 5) is 29.0. The van der Waals surface area contributed by atoms with Crippen LogP contribution in [0.25, 0.3) is 11.6 Å². The van der Waals surface area contributed by atoms with E-state index in [-0.39, 0.29) is 30.5 Å². The molecule has 0 saturated carbocycles. The van der Waals surface area contributed by atoms with Crippen molar-refractivity contribution in [1.82, 2.24) is 15.5 Å². The summed E-state index contributed by atoms with van der Waals surface area (Å²) in [6.07, 6.45) is 2.82. The maximum atomic E-state index is 12.8. The fraction of sp³-hybridized carbons (Fsp3) is 0.400. The van der Waals surface area contributed by atoms with Gasteiger partial charge in [0.05, 0.1) is 12.8 Å². The van der Waals surface area contributed by atoms with Crippen LogP contribution in [-0.2, 0) is 16.8 Å². The fourth-order valence-electron chi connectivity index (χ4n) is 3.59. The molecule has 10 heteroatoms. The normalized spacial score (nSPS) is 15.8. The number of aryl methyl sites for hydroxylation is 1. The van der Waals surface area contributed by atoms with Gasteiger partial charge in [-0.25, -0.2) is 0 Å². The number of rotatable bonds is 6. The third-order valence-corrected chi connectivity index (χ3v) is 6.11. The minimum Gasteiger partial charge on any atom is -0.502 e. The van der Waals surface area contributed by atoms with E-state index in [4.69, 9.17) is 13.4 Å². The van der Waals surface area contributed by atoms with Gasteiger partial charge in [-0.2, -0.15) is 16.7 Å². The van der Waals surface area contributed by atoms with E-state index in [0.29, 0.717) is 30.2 Å². The lowest BCUT2D eigenvalue weighted by Gasteiger charge is -2.35. The molecule has 3 aromatic heterocycles. The van der Waals surface area contributed by atoms with Gasteiger partial charge < -0.3 is 23.8 Å². The quantitative estimate of drug-likeness (QED) is 0.604. The summed E-state index contributed by atoms with van der Waals surface area (Å²) < 4.78 is 16.1. The summed E-state index contributed by atoms with van der Waals surface area (Å²) in [7, 11) is 0. The molecule has 4 heterocycles. The van der Waals surface area contributed by atoms with E-state index in [1.807, 2.05) is 0 Å². The standard InChI is InChI=1S/C20H21N3O6S/c1-12-9-13(24)17(26)18(28-12)20(4-7-30-8-5-20)10-15(25)21-11-16-22-19(23-29-16)14-3-2-6-27-14/h2-3,6,9,26H,4-5,7-8,10-11H2,1H3,(H,21,25). The number of carbonyl (C=O) groups excluding carboxylic acids is 1. The van der Waals surface area contributed by atoms with Crippen LogP contribution < -0.4 is 10.7 Å². The number of nitrogens with zero attached hydrogens (tertiary/aromatic N) is 2. The molecule has 30 heavy (non-hydrogen) atoms. The summed E-state index contributed by atoms with van der Waals surface area (Å²) >= 11 is 1.77. The van der Waals surface area contributed by atoms with E-state index in [0.717, 1.165) is 11.5 Å². The van der Waals surface area contributed by atoms with E-state index < -0.39 is 16.6 Å². The van der Waals surface area contributed by atoms with E-state index in [1.165, 1.54) is 12.3 Å². The van der Waals surface area contributed by atoms with Gasteiger partial charge in [0, 0.05) is 17.9 Å². The summed E-state index contributed by atoms with van der Waals surface area (Å²) in [6, 6.07) is 4.67. The highest BCUT2D eigenvalue weighted by atomic mass is 32.2. The molecule has 0 aliphatic carbocycles. The van der Waals surface area contributed by atoms with Crippen molar-refractivity contribution in [2.24, 2.45) is 0 Å². The van der Waals surface area contributed by atoms with Gasteiger partial charge >= 0.3 is 0 Å². The highest BCUT2D eigenvalue weighted by molar-refractivity contribution is 7.99. The highest BCUT2D eigenvalue weighted by Crippen LogP contribution is 2.44. The Morgan fingerprint density at radius 3 is 2.90 bits per heavy atom. The second-order valence-corrected chi connectivity index (χ2v) is 8.46. The zero-order valence-corrected chi connectivity index (χ0v) is 17.2. The minimum atomic E-state index is -0.737. The van der Waals surface area contributed by atoms with Crippen LogP contribution in [0, 0.1) is 6.92 Å². The van der Waals surface area contributed by atoms with Gasteiger partial charge in [0.25, 0.3) is 0 Å². The molecule has 4 rings (SSSR count). The monoisotopic (exact) mass is 431 g/mol. The fourth-order valence-corrected chi connectivity index (χ4v) is 4.86. The van der Waals surface area contributed by atoms with Crippen LogP contribution in [0.5, 0.6) is 5.75 Å². The molecular weight excluding hydrogens is 410 g/mol. The first-order chi connectivity index (χ1) is 14.5. The number of hydrogen-bond acceptors (Lipinski definition) is 9. The Labute approximate surface area is 175 Å². The summed E-state index contributed by atoms with van der Waals surface area (Å²) in [5.74, 6) is 2.55. The van der Waals surface area contributed by atoms with E-state index in [9.17, 15) is 14.7 Å². The molecule has 0 atom stereocenters. The number of thioether (sulfide) groups is 1. The zero-order valence-electron chi connectivity index (χ0n) is 16.3. The minimum absolute atomic E-state index is 0.0567.